The number of benzene rings is 1. The molecule has 132 valence electrons. The van der Waals surface area contributed by atoms with Gasteiger partial charge in [-0.05, 0) is 6.92 Å². The van der Waals surface area contributed by atoms with Crippen LogP contribution in [0.2, 0.25) is 0 Å². The van der Waals surface area contributed by atoms with Crippen molar-refractivity contribution in [3.05, 3.63) is 46.1 Å². The van der Waals surface area contributed by atoms with Gasteiger partial charge < -0.3 is 14.7 Å². The minimum absolute atomic E-state index is 0.0723. The summed E-state index contributed by atoms with van der Waals surface area (Å²) in [6, 6.07) is 8.66. The molecule has 0 aliphatic carbocycles. The van der Waals surface area contributed by atoms with Gasteiger partial charge in [-0.15, -0.1) is 5.10 Å². The highest BCUT2D eigenvalue weighted by Gasteiger charge is 2.33. The summed E-state index contributed by atoms with van der Waals surface area (Å²) in [7, 11) is 0. The van der Waals surface area contributed by atoms with Gasteiger partial charge in [0.15, 0.2) is 11.9 Å². The van der Waals surface area contributed by atoms with Gasteiger partial charge in [-0.2, -0.15) is 4.52 Å². The zero-order valence-corrected chi connectivity index (χ0v) is 15.3. The van der Waals surface area contributed by atoms with E-state index in [1.807, 2.05) is 6.92 Å². The Labute approximate surface area is 150 Å². The number of hydrogen-bond donors (Lipinski definition) is 2. The Balaban J connectivity index is 1.80. The van der Waals surface area contributed by atoms with E-state index in [2.05, 4.69) is 41.3 Å². The highest BCUT2D eigenvalue weighted by molar-refractivity contribution is 7.17. The fourth-order valence-corrected chi connectivity index (χ4v) is 4.54. The molecule has 1 saturated heterocycles. The van der Waals surface area contributed by atoms with Crippen LogP contribution < -0.4 is 4.90 Å². The molecule has 0 radical (unpaired) electrons. The quantitative estimate of drug-likeness (QED) is 0.739. The van der Waals surface area contributed by atoms with E-state index in [0.717, 1.165) is 48.4 Å². The van der Waals surface area contributed by atoms with Crippen LogP contribution in [0.4, 0.5) is 0 Å². The predicted molar refractivity (Wildman–Crippen MR) is 96.4 cm³/mol. The van der Waals surface area contributed by atoms with Gasteiger partial charge in [-0.25, -0.2) is 4.98 Å². The number of ether oxygens (including phenoxy) is 1. The largest absolute Gasteiger partial charge is 0.492 e. The summed E-state index contributed by atoms with van der Waals surface area (Å²) in [5.74, 6) is 0.982. The van der Waals surface area contributed by atoms with E-state index in [1.165, 1.54) is 27.4 Å². The third-order valence-electron chi connectivity index (χ3n) is 4.78. The molecule has 1 aliphatic rings. The Morgan fingerprint density at radius 3 is 2.64 bits per heavy atom. The fraction of sp³-hybridized carbons (Fsp3) is 0.444. The number of aromatic hydroxyl groups is 1. The van der Waals surface area contributed by atoms with Gasteiger partial charge >= 0.3 is 0 Å². The first-order valence-corrected chi connectivity index (χ1v) is 9.55. The van der Waals surface area contributed by atoms with Gasteiger partial charge in [0.1, 0.15) is 18.0 Å². The molecule has 0 bridgehead atoms. The van der Waals surface area contributed by atoms with Crippen LogP contribution in [-0.2, 0) is 11.2 Å². The summed E-state index contributed by atoms with van der Waals surface area (Å²) in [6.45, 7) is 7.45. The van der Waals surface area contributed by atoms with Crippen molar-refractivity contribution >= 4 is 16.3 Å². The molecule has 1 fully saturated rings. The van der Waals surface area contributed by atoms with E-state index in [9.17, 15) is 5.11 Å². The van der Waals surface area contributed by atoms with Crippen LogP contribution in [0.15, 0.2) is 24.3 Å². The summed E-state index contributed by atoms with van der Waals surface area (Å²) in [5.41, 5.74) is 2.44. The van der Waals surface area contributed by atoms with Crippen LogP contribution in [0.1, 0.15) is 34.8 Å². The van der Waals surface area contributed by atoms with Crippen molar-refractivity contribution in [1.82, 2.24) is 14.6 Å². The van der Waals surface area contributed by atoms with E-state index in [0.29, 0.717) is 0 Å². The fourth-order valence-electron chi connectivity index (χ4n) is 3.38. The van der Waals surface area contributed by atoms with Crippen molar-refractivity contribution in [3.63, 3.8) is 0 Å². The molecule has 4 rings (SSSR count). The molecule has 3 aromatic rings. The zero-order chi connectivity index (χ0) is 17.4. The second-order valence-corrected chi connectivity index (χ2v) is 7.49. The van der Waals surface area contributed by atoms with Crippen molar-refractivity contribution in [3.8, 4) is 5.88 Å². The highest BCUT2D eigenvalue weighted by atomic mass is 32.1. The zero-order valence-electron chi connectivity index (χ0n) is 14.5. The van der Waals surface area contributed by atoms with Crippen LogP contribution in [0, 0.1) is 6.92 Å². The Morgan fingerprint density at radius 1 is 1.28 bits per heavy atom. The van der Waals surface area contributed by atoms with Crippen molar-refractivity contribution in [2.45, 2.75) is 26.3 Å². The smallest absolute Gasteiger partial charge is 0.235 e. The van der Waals surface area contributed by atoms with Crippen molar-refractivity contribution in [2.24, 2.45) is 0 Å². The second kappa shape index (κ2) is 6.74. The van der Waals surface area contributed by atoms with Gasteiger partial charge in [0.05, 0.1) is 13.2 Å². The molecule has 0 unspecified atom stereocenters. The number of morpholine rings is 1. The molecule has 25 heavy (non-hydrogen) atoms. The summed E-state index contributed by atoms with van der Waals surface area (Å²) in [5, 5.41) is 15.3. The molecule has 0 saturated carbocycles. The lowest BCUT2D eigenvalue weighted by atomic mass is 10.0. The van der Waals surface area contributed by atoms with Crippen LogP contribution in [0.3, 0.4) is 0 Å². The molecule has 0 spiro atoms. The minimum atomic E-state index is 0.0723. The number of hydrogen-bond acceptors (Lipinski definition) is 5. The average molecular weight is 359 g/mol. The third-order valence-corrected chi connectivity index (χ3v) is 5.86. The van der Waals surface area contributed by atoms with E-state index in [4.69, 9.17) is 4.74 Å². The Kier molecular flexibility index (Phi) is 4.45. The number of aryl methyl sites for hydroxylation is 2. The first kappa shape index (κ1) is 16.5. The van der Waals surface area contributed by atoms with Crippen LogP contribution in [0.25, 0.3) is 4.96 Å². The molecule has 1 aromatic carbocycles. The summed E-state index contributed by atoms with van der Waals surface area (Å²) >= 11 is 1.54. The number of quaternary nitrogens is 1. The minimum Gasteiger partial charge on any atom is -0.492 e. The SMILES string of the molecule is CCc1nc2sc([C@H](c3ccc(C)cc3)[NH+]3CCOCC3)c(O)n2n1. The van der Waals surface area contributed by atoms with E-state index in [1.54, 1.807) is 4.52 Å². The van der Waals surface area contributed by atoms with Crippen molar-refractivity contribution < 1.29 is 14.7 Å². The van der Waals surface area contributed by atoms with Gasteiger partial charge in [-0.3, -0.25) is 0 Å². The molecule has 1 atom stereocenters. The predicted octanol–water partition coefficient (Wildman–Crippen LogP) is 1.37. The monoisotopic (exact) mass is 359 g/mol. The van der Waals surface area contributed by atoms with E-state index < -0.39 is 0 Å². The lowest BCUT2D eigenvalue weighted by molar-refractivity contribution is -0.932. The molecule has 6 nitrogen and oxygen atoms in total. The van der Waals surface area contributed by atoms with Gasteiger partial charge in [0.25, 0.3) is 0 Å². The van der Waals surface area contributed by atoms with Crippen LogP contribution in [-0.4, -0.2) is 46.0 Å². The number of fused-ring (bicyclic) bond motifs is 1. The molecule has 2 aromatic heterocycles. The lowest BCUT2D eigenvalue weighted by Gasteiger charge is -2.31. The first-order valence-electron chi connectivity index (χ1n) is 8.73. The normalized spacial score (nSPS) is 17.2. The second-order valence-electron chi connectivity index (χ2n) is 6.48. The maximum atomic E-state index is 10.8. The maximum absolute atomic E-state index is 10.8. The van der Waals surface area contributed by atoms with Gasteiger partial charge in [0, 0.05) is 12.0 Å². The average Bonchev–Trinajstić information content (AvgIpc) is 3.18. The van der Waals surface area contributed by atoms with Gasteiger partial charge in [-0.1, -0.05) is 48.1 Å². The maximum Gasteiger partial charge on any atom is 0.235 e. The van der Waals surface area contributed by atoms with Gasteiger partial charge in [0.2, 0.25) is 10.8 Å². The summed E-state index contributed by atoms with van der Waals surface area (Å²) in [6.07, 6.45) is 0.763. The third kappa shape index (κ3) is 3.03. The molecule has 0 amide bonds. The number of nitrogens with zero attached hydrogens (tertiary/aromatic N) is 3. The number of nitrogens with one attached hydrogen (secondary N) is 1. The number of rotatable bonds is 4. The van der Waals surface area contributed by atoms with Crippen molar-refractivity contribution in [2.75, 3.05) is 26.3 Å². The topological polar surface area (TPSA) is 64.1 Å². The highest BCUT2D eigenvalue weighted by Crippen LogP contribution is 2.35. The van der Waals surface area contributed by atoms with Crippen molar-refractivity contribution in [1.29, 1.82) is 0 Å². The van der Waals surface area contributed by atoms with Crippen LogP contribution in [0.5, 0.6) is 5.88 Å². The van der Waals surface area contributed by atoms with E-state index >= 15 is 0 Å². The number of thiazole rings is 1. The molecule has 2 N–H and O–H groups in total. The first-order chi connectivity index (χ1) is 12.2. The van der Waals surface area contributed by atoms with Crippen LogP contribution >= 0.6 is 11.3 Å². The van der Waals surface area contributed by atoms with E-state index in [-0.39, 0.29) is 11.9 Å². The Bertz CT molecular complexity index is 865. The summed E-state index contributed by atoms with van der Waals surface area (Å²) in [4.78, 5) is 7.62. The standard InChI is InChI=1S/C18H22N4O2S/c1-3-14-19-18-22(20-14)17(23)16(25-18)15(21-8-10-24-11-9-21)13-6-4-12(2)5-7-13/h4-7,15,23H,3,8-11H2,1-2H3/p+1/t15-/m0/s1. The molecular weight excluding hydrogens is 336 g/mol. The summed E-state index contributed by atoms with van der Waals surface area (Å²) < 4.78 is 7.12. The number of aromatic nitrogens is 3. The molecular formula is C18H23N4O2S+. The Morgan fingerprint density at radius 2 is 2.00 bits per heavy atom. The molecule has 3 heterocycles. The molecule has 1 aliphatic heterocycles. The Hall–Kier alpha value is -1.96. The lowest BCUT2D eigenvalue weighted by Crippen LogP contribution is -3.14. The molecule has 7 heteroatoms.